The molecule has 0 unspecified atom stereocenters. The topological polar surface area (TPSA) is 34.5 Å². The van der Waals surface area contributed by atoms with Crippen LogP contribution in [-0.2, 0) is 0 Å². The Hall–Kier alpha value is -7.04. The summed E-state index contributed by atoms with van der Waals surface area (Å²) in [5.41, 5.74) is 12.5. The van der Waals surface area contributed by atoms with E-state index in [4.69, 9.17) is 8.83 Å². The van der Waals surface area contributed by atoms with Gasteiger partial charge in [0.15, 0.2) is 0 Å². The third kappa shape index (κ3) is 4.34. The van der Waals surface area contributed by atoms with Crippen molar-refractivity contribution in [3.8, 4) is 16.8 Å². The first-order valence-corrected chi connectivity index (χ1v) is 17.6. The molecule has 0 saturated carbocycles. The summed E-state index contributed by atoms with van der Waals surface area (Å²) in [6.07, 6.45) is 0. The number of para-hydroxylation sites is 4. The quantitative estimate of drug-likeness (QED) is 0.183. The van der Waals surface area contributed by atoms with Crippen LogP contribution in [-0.4, -0.2) is 4.57 Å². The molecule has 0 amide bonds. The van der Waals surface area contributed by atoms with E-state index in [1.165, 1.54) is 16.3 Å². The van der Waals surface area contributed by atoms with Crippen molar-refractivity contribution in [3.05, 3.63) is 182 Å². The first kappa shape index (κ1) is 28.8. The minimum absolute atomic E-state index is 0.862. The highest BCUT2D eigenvalue weighted by molar-refractivity contribution is 6.15. The largest absolute Gasteiger partial charge is 0.456 e. The zero-order valence-electron chi connectivity index (χ0n) is 28.0. The van der Waals surface area contributed by atoms with E-state index < -0.39 is 0 Å². The Bertz CT molecular complexity index is 3130. The number of nitrogens with zero attached hydrogens (tertiary/aromatic N) is 2. The lowest BCUT2D eigenvalue weighted by Crippen LogP contribution is -2.10. The number of hydrogen-bond donors (Lipinski definition) is 0. The molecule has 11 rings (SSSR count). The van der Waals surface area contributed by atoms with Crippen LogP contribution in [0.1, 0.15) is 0 Å². The van der Waals surface area contributed by atoms with Gasteiger partial charge in [0, 0.05) is 44.0 Å². The van der Waals surface area contributed by atoms with E-state index in [1.807, 2.05) is 24.3 Å². The molecule has 8 aromatic carbocycles. The minimum Gasteiger partial charge on any atom is -0.456 e. The van der Waals surface area contributed by atoms with Crippen molar-refractivity contribution in [2.24, 2.45) is 0 Å². The predicted molar refractivity (Wildman–Crippen MR) is 215 cm³/mol. The molecule has 4 nitrogen and oxygen atoms in total. The first-order valence-electron chi connectivity index (χ1n) is 17.6. The molecule has 0 radical (unpaired) electrons. The van der Waals surface area contributed by atoms with Crippen LogP contribution >= 0.6 is 0 Å². The van der Waals surface area contributed by atoms with E-state index >= 15 is 0 Å². The minimum atomic E-state index is 0.862. The number of aromatic nitrogens is 1. The van der Waals surface area contributed by atoms with Crippen molar-refractivity contribution < 1.29 is 8.83 Å². The second kappa shape index (κ2) is 11.2. The number of hydrogen-bond acceptors (Lipinski definition) is 3. The Balaban J connectivity index is 1.13. The number of rotatable bonds is 5. The molecule has 0 N–H and O–H groups in total. The van der Waals surface area contributed by atoms with Gasteiger partial charge in [-0.25, -0.2) is 0 Å². The van der Waals surface area contributed by atoms with Crippen molar-refractivity contribution >= 4 is 82.7 Å². The van der Waals surface area contributed by atoms with Gasteiger partial charge in [-0.3, -0.25) is 0 Å². The fourth-order valence-corrected chi connectivity index (χ4v) is 8.03. The summed E-state index contributed by atoms with van der Waals surface area (Å²) >= 11 is 0. The Morgan fingerprint density at radius 3 is 1.83 bits per heavy atom. The highest BCUT2D eigenvalue weighted by Crippen LogP contribution is 2.45. The molecule has 3 heterocycles. The normalized spacial score (nSPS) is 11.8. The molecule has 0 aliphatic carbocycles. The summed E-state index contributed by atoms with van der Waals surface area (Å²) in [6.45, 7) is 0. The van der Waals surface area contributed by atoms with Crippen LogP contribution in [0, 0.1) is 0 Å². The van der Waals surface area contributed by atoms with E-state index in [1.54, 1.807) is 0 Å². The van der Waals surface area contributed by atoms with Gasteiger partial charge in [0.25, 0.3) is 0 Å². The van der Waals surface area contributed by atoms with Crippen LogP contribution < -0.4 is 4.90 Å². The molecule has 11 aromatic rings. The van der Waals surface area contributed by atoms with E-state index in [0.717, 1.165) is 83.3 Å². The van der Waals surface area contributed by atoms with Gasteiger partial charge >= 0.3 is 0 Å². The van der Waals surface area contributed by atoms with E-state index in [0.29, 0.717) is 0 Å². The van der Waals surface area contributed by atoms with Crippen LogP contribution in [0.2, 0.25) is 0 Å². The molecule has 244 valence electrons. The van der Waals surface area contributed by atoms with Crippen LogP contribution in [0.4, 0.5) is 17.1 Å². The number of anilines is 3. The molecule has 4 heteroatoms. The van der Waals surface area contributed by atoms with Gasteiger partial charge in [-0.2, -0.15) is 0 Å². The molecule has 0 bridgehead atoms. The number of fused-ring (bicyclic) bond motifs is 9. The Kier molecular flexibility index (Phi) is 6.22. The molecule has 0 saturated heterocycles. The Morgan fingerprint density at radius 2 is 0.981 bits per heavy atom. The standard InChI is InChI=1S/C48H30N2O2/c1-2-11-33(12-3-1)50-41-16-7-4-13-36(41)37-27-26-35(30-43(37)50)49(42-17-10-20-47-48(42)39-15-6-9-19-45(39)52-47)34-24-21-31(22-25-34)32-23-28-46-40(29-32)38-14-5-8-18-44(38)51-46/h1-30H. The monoisotopic (exact) mass is 666 g/mol. The molecule has 0 aliphatic rings. The molecular formula is C48H30N2O2. The van der Waals surface area contributed by atoms with Crippen molar-refractivity contribution in [1.82, 2.24) is 4.57 Å². The highest BCUT2D eigenvalue weighted by atomic mass is 16.3. The maximum absolute atomic E-state index is 6.40. The lowest BCUT2D eigenvalue weighted by Gasteiger charge is -2.27. The van der Waals surface area contributed by atoms with Gasteiger partial charge in [-0.15, -0.1) is 0 Å². The highest BCUT2D eigenvalue weighted by Gasteiger charge is 2.21. The summed E-state index contributed by atoms with van der Waals surface area (Å²) < 4.78 is 14.9. The maximum Gasteiger partial charge on any atom is 0.137 e. The third-order valence-electron chi connectivity index (χ3n) is 10.4. The van der Waals surface area contributed by atoms with Gasteiger partial charge in [0.1, 0.15) is 22.3 Å². The Labute approximate surface area is 299 Å². The van der Waals surface area contributed by atoms with Gasteiger partial charge in [-0.05, 0) is 90.0 Å². The van der Waals surface area contributed by atoms with Gasteiger partial charge in [0.2, 0.25) is 0 Å². The van der Waals surface area contributed by atoms with Gasteiger partial charge in [0.05, 0.1) is 22.1 Å². The zero-order chi connectivity index (χ0) is 34.2. The molecule has 0 atom stereocenters. The van der Waals surface area contributed by atoms with E-state index in [9.17, 15) is 0 Å². The molecule has 0 fully saturated rings. The van der Waals surface area contributed by atoms with Crippen LogP contribution in [0.15, 0.2) is 191 Å². The maximum atomic E-state index is 6.40. The first-order chi connectivity index (χ1) is 25.8. The Morgan fingerprint density at radius 1 is 0.365 bits per heavy atom. The third-order valence-corrected chi connectivity index (χ3v) is 10.4. The molecule has 52 heavy (non-hydrogen) atoms. The van der Waals surface area contributed by atoms with Crippen molar-refractivity contribution in [2.75, 3.05) is 4.90 Å². The van der Waals surface area contributed by atoms with Gasteiger partial charge < -0.3 is 18.3 Å². The van der Waals surface area contributed by atoms with Crippen molar-refractivity contribution in [3.63, 3.8) is 0 Å². The van der Waals surface area contributed by atoms with E-state index in [2.05, 4.69) is 167 Å². The average Bonchev–Trinajstić information content (AvgIpc) is 3.88. The predicted octanol–water partition coefficient (Wildman–Crippen LogP) is 13.7. The zero-order valence-corrected chi connectivity index (χ0v) is 28.0. The van der Waals surface area contributed by atoms with Gasteiger partial charge in [-0.1, -0.05) is 103 Å². The second-order valence-electron chi connectivity index (χ2n) is 13.3. The van der Waals surface area contributed by atoms with Crippen LogP contribution in [0.25, 0.3) is 82.5 Å². The van der Waals surface area contributed by atoms with Crippen LogP contribution in [0.3, 0.4) is 0 Å². The van der Waals surface area contributed by atoms with Crippen LogP contribution in [0.5, 0.6) is 0 Å². The lowest BCUT2D eigenvalue weighted by molar-refractivity contribution is 0.668. The molecular weight excluding hydrogens is 637 g/mol. The smallest absolute Gasteiger partial charge is 0.137 e. The summed E-state index contributed by atoms with van der Waals surface area (Å²) in [7, 11) is 0. The summed E-state index contributed by atoms with van der Waals surface area (Å²) in [5.74, 6) is 0. The second-order valence-corrected chi connectivity index (χ2v) is 13.3. The van der Waals surface area contributed by atoms with Crippen molar-refractivity contribution in [1.29, 1.82) is 0 Å². The summed E-state index contributed by atoms with van der Waals surface area (Å²) in [5, 5.41) is 6.88. The SMILES string of the molecule is c1ccc(-n2c3ccccc3c3ccc(N(c4ccc(-c5ccc6oc7ccccc7c6c5)cc4)c4cccc5oc6ccccc6c45)cc32)cc1. The van der Waals surface area contributed by atoms with E-state index in [-0.39, 0.29) is 0 Å². The summed E-state index contributed by atoms with van der Waals surface area (Å²) in [6, 6.07) is 64.4. The fourth-order valence-electron chi connectivity index (χ4n) is 8.03. The number of furan rings is 2. The van der Waals surface area contributed by atoms with Crippen molar-refractivity contribution in [2.45, 2.75) is 0 Å². The fraction of sp³-hybridized carbons (Fsp3) is 0. The summed E-state index contributed by atoms with van der Waals surface area (Å²) in [4.78, 5) is 2.37. The molecule has 3 aromatic heterocycles. The molecule has 0 aliphatic heterocycles. The molecule has 0 spiro atoms. The average molecular weight is 667 g/mol. The number of benzene rings is 8. The lowest BCUT2D eigenvalue weighted by atomic mass is 10.0.